The second-order valence-electron chi connectivity index (χ2n) is 5.26. The highest BCUT2D eigenvalue weighted by Gasteiger charge is 2.42. The molecule has 2 aliphatic carbocycles. The minimum atomic E-state index is -0.751. The van der Waals surface area contributed by atoms with Gasteiger partial charge < -0.3 is 15.7 Å². The molecule has 0 aromatic carbocycles. The van der Waals surface area contributed by atoms with Crippen LogP contribution in [0.15, 0.2) is 0 Å². The highest BCUT2D eigenvalue weighted by Crippen LogP contribution is 2.46. The van der Waals surface area contributed by atoms with E-state index < -0.39 is 5.97 Å². The van der Waals surface area contributed by atoms with Crippen LogP contribution in [0.5, 0.6) is 0 Å². The van der Waals surface area contributed by atoms with Crippen molar-refractivity contribution in [3.8, 4) is 0 Å². The fourth-order valence-electron chi connectivity index (χ4n) is 2.41. The number of thioether (sulfide) groups is 1. The minimum Gasteiger partial charge on any atom is -0.481 e. The molecule has 0 radical (unpaired) electrons. The van der Waals surface area contributed by atoms with Crippen molar-refractivity contribution in [2.24, 2.45) is 5.92 Å². The van der Waals surface area contributed by atoms with Crippen molar-refractivity contribution in [3.63, 3.8) is 0 Å². The molecule has 3 N–H and O–H groups in total. The molecule has 0 aliphatic heterocycles. The number of carbonyl (C=O) groups is 2. The molecular weight excluding hydrogens is 252 g/mol. The lowest BCUT2D eigenvalue weighted by Crippen LogP contribution is -2.43. The van der Waals surface area contributed by atoms with Crippen LogP contribution in [-0.2, 0) is 4.79 Å². The normalized spacial score (nSPS) is 28.7. The van der Waals surface area contributed by atoms with Crippen LogP contribution in [0.2, 0.25) is 0 Å². The van der Waals surface area contributed by atoms with Gasteiger partial charge in [0.05, 0.1) is 5.92 Å². The topological polar surface area (TPSA) is 78.4 Å². The molecule has 2 atom stereocenters. The third kappa shape index (κ3) is 3.31. The molecule has 0 heterocycles. The van der Waals surface area contributed by atoms with Gasteiger partial charge >= 0.3 is 12.0 Å². The van der Waals surface area contributed by atoms with E-state index in [4.69, 9.17) is 5.11 Å². The zero-order chi connectivity index (χ0) is 13.2. The van der Waals surface area contributed by atoms with E-state index in [-0.39, 0.29) is 22.7 Å². The van der Waals surface area contributed by atoms with Gasteiger partial charge in [0.15, 0.2) is 0 Å². The SMILES string of the molecule is CSC1(CNC(=O)N[C@H]2CC[C@@H](C(=O)O)C2)CC1. The quantitative estimate of drug-likeness (QED) is 0.707. The van der Waals surface area contributed by atoms with Crippen LogP contribution < -0.4 is 10.6 Å². The van der Waals surface area contributed by atoms with Crippen LogP contribution in [0.4, 0.5) is 4.79 Å². The number of carboxylic acids is 1. The van der Waals surface area contributed by atoms with Gasteiger partial charge in [0.2, 0.25) is 0 Å². The summed E-state index contributed by atoms with van der Waals surface area (Å²) in [5, 5.41) is 14.6. The maximum absolute atomic E-state index is 11.7. The summed E-state index contributed by atoms with van der Waals surface area (Å²) < 4.78 is 0.261. The second-order valence-corrected chi connectivity index (χ2v) is 6.53. The molecule has 0 bridgehead atoms. The van der Waals surface area contributed by atoms with Crippen LogP contribution in [0.3, 0.4) is 0 Å². The second kappa shape index (κ2) is 5.38. The maximum Gasteiger partial charge on any atom is 0.315 e. The van der Waals surface area contributed by atoms with Crippen molar-refractivity contribution in [2.45, 2.75) is 42.9 Å². The summed E-state index contributed by atoms with van der Waals surface area (Å²) in [4.78, 5) is 22.5. The molecule has 6 heteroatoms. The minimum absolute atomic E-state index is 0.00975. The third-order valence-electron chi connectivity index (χ3n) is 3.93. The van der Waals surface area contributed by atoms with Gasteiger partial charge in [-0.1, -0.05) is 0 Å². The molecule has 0 aromatic rings. The molecule has 0 saturated heterocycles. The molecule has 0 aromatic heterocycles. The summed E-state index contributed by atoms with van der Waals surface area (Å²) in [6.45, 7) is 0.703. The van der Waals surface area contributed by atoms with Crippen LogP contribution in [0.1, 0.15) is 32.1 Å². The van der Waals surface area contributed by atoms with Gasteiger partial charge in [-0.3, -0.25) is 4.79 Å². The molecular formula is C12H20N2O3S. The predicted molar refractivity (Wildman–Crippen MR) is 70.8 cm³/mol. The van der Waals surface area contributed by atoms with E-state index >= 15 is 0 Å². The Balaban J connectivity index is 1.67. The van der Waals surface area contributed by atoms with Crippen molar-refractivity contribution in [2.75, 3.05) is 12.8 Å². The lowest BCUT2D eigenvalue weighted by Gasteiger charge is -2.16. The Morgan fingerprint density at radius 2 is 2.11 bits per heavy atom. The van der Waals surface area contributed by atoms with Crippen molar-refractivity contribution < 1.29 is 14.7 Å². The van der Waals surface area contributed by atoms with Crippen LogP contribution in [0.25, 0.3) is 0 Å². The van der Waals surface area contributed by atoms with E-state index in [1.807, 2.05) is 11.8 Å². The summed E-state index contributed by atoms with van der Waals surface area (Å²) >= 11 is 1.81. The number of aliphatic carboxylic acids is 1. The molecule has 102 valence electrons. The number of carboxylic acid groups (broad SMARTS) is 1. The van der Waals surface area contributed by atoms with Gasteiger partial charge in [-0.05, 0) is 38.4 Å². The highest BCUT2D eigenvalue weighted by molar-refractivity contribution is 8.00. The lowest BCUT2D eigenvalue weighted by atomic mass is 10.1. The molecule has 18 heavy (non-hydrogen) atoms. The van der Waals surface area contributed by atoms with E-state index in [9.17, 15) is 9.59 Å². The van der Waals surface area contributed by atoms with Gasteiger partial charge in [0.25, 0.3) is 0 Å². The van der Waals surface area contributed by atoms with Gasteiger partial charge in [0.1, 0.15) is 0 Å². The largest absolute Gasteiger partial charge is 0.481 e. The Kier molecular flexibility index (Phi) is 4.04. The lowest BCUT2D eigenvalue weighted by molar-refractivity contribution is -0.141. The number of hydrogen-bond donors (Lipinski definition) is 3. The molecule has 0 unspecified atom stereocenters. The van der Waals surface area contributed by atoms with Gasteiger partial charge in [0, 0.05) is 17.3 Å². The average Bonchev–Trinajstić information content (AvgIpc) is 2.98. The molecule has 2 aliphatic rings. The number of urea groups is 1. The van der Waals surface area contributed by atoms with Crippen LogP contribution >= 0.6 is 11.8 Å². The van der Waals surface area contributed by atoms with Crippen molar-refractivity contribution in [1.29, 1.82) is 0 Å². The Bertz CT molecular complexity index is 344. The zero-order valence-corrected chi connectivity index (χ0v) is 11.4. The third-order valence-corrected chi connectivity index (χ3v) is 5.35. The van der Waals surface area contributed by atoms with E-state index in [0.717, 1.165) is 6.42 Å². The van der Waals surface area contributed by atoms with Crippen molar-refractivity contribution in [3.05, 3.63) is 0 Å². The molecule has 2 amide bonds. The van der Waals surface area contributed by atoms with Gasteiger partial charge in [-0.25, -0.2) is 4.79 Å². The summed E-state index contributed by atoms with van der Waals surface area (Å²) in [6.07, 6.45) is 6.38. The smallest absolute Gasteiger partial charge is 0.315 e. The molecule has 0 spiro atoms. The summed E-state index contributed by atoms with van der Waals surface area (Å²) in [5.74, 6) is -1.05. The van der Waals surface area contributed by atoms with E-state index in [1.165, 1.54) is 12.8 Å². The zero-order valence-electron chi connectivity index (χ0n) is 10.6. The van der Waals surface area contributed by atoms with Gasteiger partial charge in [-0.2, -0.15) is 11.8 Å². The first-order chi connectivity index (χ1) is 8.54. The van der Waals surface area contributed by atoms with Gasteiger partial charge in [-0.15, -0.1) is 0 Å². The fourth-order valence-corrected chi connectivity index (χ4v) is 3.13. The van der Waals surface area contributed by atoms with E-state index in [0.29, 0.717) is 19.4 Å². The number of amides is 2. The summed E-state index contributed by atoms with van der Waals surface area (Å²) in [6, 6.07) is -0.151. The monoisotopic (exact) mass is 272 g/mol. The number of rotatable bonds is 5. The standard InChI is InChI=1S/C12H20N2O3S/c1-18-12(4-5-12)7-13-11(17)14-9-3-2-8(6-9)10(15)16/h8-9H,2-7H2,1H3,(H,15,16)(H2,13,14,17)/t8-,9+/m1/s1. The first-order valence-corrected chi connectivity index (χ1v) is 7.59. The first kappa shape index (κ1) is 13.5. The van der Waals surface area contributed by atoms with E-state index in [1.54, 1.807) is 0 Å². The Morgan fingerprint density at radius 1 is 1.39 bits per heavy atom. The highest BCUT2D eigenvalue weighted by atomic mass is 32.2. The Hall–Kier alpha value is -0.910. The maximum atomic E-state index is 11.7. The average molecular weight is 272 g/mol. The molecule has 2 saturated carbocycles. The number of nitrogens with one attached hydrogen (secondary N) is 2. The summed E-state index contributed by atoms with van der Waals surface area (Å²) in [7, 11) is 0. The number of carbonyl (C=O) groups excluding carboxylic acids is 1. The first-order valence-electron chi connectivity index (χ1n) is 6.37. The summed E-state index contributed by atoms with van der Waals surface area (Å²) in [5.41, 5.74) is 0. The Morgan fingerprint density at radius 3 is 2.61 bits per heavy atom. The van der Waals surface area contributed by atoms with Crippen molar-refractivity contribution in [1.82, 2.24) is 10.6 Å². The molecule has 2 fully saturated rings. The molecule has 2 rings (SSSR count). The van der Waals surface area contributed by atoms with Crippen LogP contribution in [-0.4, -0.2) is 40.7 Å². The van der Waals surface area contributed by atoms with Crippen molar-refractivity contribution >= 4 is 23.8 Å². The van der Waals surface area contributed by atoms with Crippen LogP contribution in [0, 0.1) is 5.92 Å². The number of hydrogen-bond acceptors (Lipinski definition) is 3. The fraction of sp³-hybridized carbons (Fsp3) is 0.833. The Labute approximate surface area is 111 Å². The molecule has 5 nitrogen and oxygen atoms in total. The predicted octanol–water partition coefficient (Wildman–Crippen LogP) is 1.43. The van der Waals surface area contributed by atoms with E-state index in [2.05, 4.69) is 16.9 Å².